The second kappa shape index (κ2) is 8.77. The Morgan fingerprint density at radius 2 is 2.03 bits per heavy atom. The lowest BCUT2D eigenvalue weighted by Gasteiger charge is -2.20. The SMILES string of the molecule is Cc1noc(-c2ccc3c(c2)N(C)C(=O)[C@H](NC(=O)c2n[nH]c(Cc4ccccc4)n2)CO3)n1. The number of aromatic amines is 1. The number of aromatic nitrogens is 5. The summed E-state index contributed by atoms with van der Waals surface area (Å²) >= 11 is 0. The molecule has 1 aliphatic rings. The molecule has 3 heterocycles. The summed E-state index contributed by atoms with van der Waals surface area (Å²) in [6.45, 7) is 1.68. The molecule has 0 saturated carbocycles. The molecule has 2 amide bonds. The van der Waals surface area contributed by atoms with Gasteiger partial charge in [-0.25, -0.2) is 4.98 Å². The quantitative estimate of drug-likeness (QED) is 0.461. The summed E-state index contributed by atoms with van der Waals surface area (Å²) in [5, 5.41) is 13.2. The van der Waals surface area contributed by atoms with Crippen molar-refractivity contribution in [1.29, 1.82) is 0 Å². The van der Waals surface area contributed by atoms with E-state index in [0.29, 0.717) is 41.0 Å². The first-order valence-electron chi connectivity index (χ1n) is 10.6. The number of rotatable bonds is 5. The maximum Gasteiger partial charge on any atom is 0.291 e. The normalized spacial score (nSPS) is 15.4. The molecule has 0 radical (unpaired) electrons. The van der Waals surface area contributed by atoms with Gasteiger partial charge in [0.15, 0.2) is 5.82 Å². The number of ether oxygens (including phenoxy) is 1. The lowest BCUT2D eigenvalue weighted by atomic mass is 10.1. The number of benzene rings is 2. The van der Waals surface area contributed by atoms with E-state index in [9.17, 15) is 9.59 Å². The zero-order valence-corrected chi connectivity index (χ0v) is 18.5. The molecule has 0 saturated heterocycles. The fourth-order valence-corrected chi connectivity index (χ4v) is 3.64. The van der Waals surface area contributed by atoms with Crippen LogP contribution in [0.3, 0.4) is 0 Å². The van der Waals surface area contributed by atoms with Gasteiger partial charge in [0.05, 0.1) is 5.69 Å². The van der Waals surface area contributed by atoms with Gasteiger partial charge >= 0.3 is 0 Å². The van der Waals surface area contributed by atoms with Crippen molar-refractivity contribution in [2.75, 3.05) is 18.6 Å². The Morgan fingerprint density at radius 3 is 2.79 bits per heavy atom. The highest BCUT2D eigenvalue weighted by Crippen LogP contribution is 2.34. The third-order valence-corrected chi connectivity index (χ3v) is 5.38. The van der Waals surface area contributed by atoms with Crippen LogP contribution in [0.2, 0.25) is 0 Å². The van der Waals surface area contributed by atoms with Crippen LogP contribution < -0.4 is 15.0 Å². The van der Waals surface area contributed by atoms with Gasteiger partial charge in [0.25, 0.3) is 17.7 Å². The average molecular weight is 459 g/mol. The predicted octanol–water partition coefficient (Wildman–Crippen LogP) is 1.91. The molecule has 0 aliphatic carbocycles. The monoisotopic (exact) mass is 459 g/mol. The molecule has 0 spiro atoms. The van der Waals surface area contributed by atoms with Gasteiger partial charge in [-0.3, -0.25) is 14.7 Å². The molecule has 11 nitrogen and oxygen atoms in total. The van der Waals surface area contributed by atoms with Crippen molar-refractivity contribution in [3.05, 3.63) is 71.6 Å². The Labute approximate surface area is 194 Å². The highest BCUT2D eigenvalue weighted by Gasteiger charge is 2.32. The maximum absolute atomic E-state index is 13.1. The van der Waals surface area contributed by atoms with E-state index in [-0.39, 0.29) is 18.3 Å². The number of fused-ring (bicyclic) bond motifs is 1. The van der Waals surface area contributed by atoms with Crippen molar-refractivity contribution < 1.29 is 18.8 Å². The number of anilines is 1. The number of nitrogens with one attached hydrogen (secondary N) is 2. The molecule has 4 aromatic rings. The van der Waals surface area contributed by atoms with E-state index < -0.39 is 11.9 Å². The summed E-state index contributed by atoms with van der Waals surface area (Å²) in [6.07, 6.45) is 0.506. The minimum absolute atomic E-state index is 0.0395. The minimum Gasteiger partial charge on any atom is -0.489 e. The van der Waals surface area contributed by atoms with Gasteiger partial charge in [-0.05, 0) is 30.7 Å². The number of H-pyrrole nitrogens is 1. The molecule has 11 heteroatoms. The number of aryl methyl sites for hydroxylation is 1. The topological polar surface area (TPSA) is 139 Å². The molecule has 5 rings (SSSR count). The van der Waals surface area contributed by atoms with Crippen LogP contribution in [-0.2, 0) is 11.2 Å². The van der Waals surface area contributed by atoms with E-state index in [1.807, 2.05) is 30.3 Å². The summed E-state index contributed by atoms with van der Waals surface area (Å²) in [6, 6.07) is 14.0. The number of hydrogen-bond acceptors (Lipinski definition) is 8. The van der Waals surface area contributed by atoms with Crippen LogP contribution in [0.1, 0.15) is 27.8 Å². The summed E-state index contributed by atoms with van der Waals surface area (Å²) in [5.41, 5.74) is 2.21. The molecular weight excluding hydrogens is 438 g/mol. The lowest BCUT2D eigenvalue weighted by molar-refractivity contribution is -0.120. The molecule has 2 aromatic carbocycles. The number of carbonyl (C=O) groups is 2. The second-order valence-electron chi connectivity index (χ2n) is 7.83. The van der Waals surface area contributed by atoms with Crippen LogP contribution in [-0.4, -0.2) is 56.8 Å². The Bertz CT molecular complexity index is 1350. The molecule has 1 aliphatic heterocycles. The summed E-state index contributed by atoms with van der Waals surface area (Å²) < 4.78 is 11.0. The summed E-state index contributed by atoms with van der Waals surface area (Å²) in [7, 11) is 1.61. The van der Waals surface area contributed by atoms with E-state index in [4.69, 9.17) is 9.26 Å². The minimum atomic E-state index is -0.921. The average Bonchev–Trinajstić information content (AvgIpc) is 3.48. The zero-order chi connectivity index (χ0) is 23.7. The third kappa shape index (κ3) is 4.22. The van der Waals surface area contributed by atoms with Gasteiger partial charge < -0.3 is 19.5 Å². The number of carbonyl (C=O) groups excluding carboxylic acids is 2. The van der Waals surface area contributed by atoms with Crippen molar-refractivity contribution in [3.63, 3.8) is 0 Å². The van der Waals surface area contributed by atoms with Crippen molar-refractivity contribution in [2.45, 2.75) is 19.4 Å². The van der Waals surface area contributed by atoms with Gasteiger partial charge in [-0.1, -0.05) is 35.5 Å². The molecule has 2 aromatic heterocycles. The van der Waals surface area contributed by atoms with Gasteiger partial charge in [-0.2, -0.15) is 4.98 Å². The molecule has 2 N–H and O–H groups in total. The highest BCUT2D eigenvalue weighted by molar-refractivity contribution is 6.02. The van der Waals surface area contributed by atoms with Crippen LogP contribution >= 0.6 is 0 Å². The third-order valence-electron chi connectivity index (χ3n) is 5.38. The van der Waals surface area contributed by atoms with Crippen LogP contribution in [0.5, 0.6) is 5.75 Å². The molecule has 0 bridgehead atoms. The number of hydrogen-bond donors (Lipinski definition) is 2. The van der Waals surface area contributed by atoms with Gasteiger partial charge in [-0.15, -0.1) is 5.10 Å². The van der Waals surface area contributed by atoms with Crippen LogP contribution in [0, 0.1) is 6.92 Å². The number of nitrogens with zero attached hydrogens (tertiary/aromatic N) is 5. The van der Waals surface area contributed by atoms with E-state index in [1.54, 1.807) is 32.2 Å². The fourth-order valence-electron chi connectivity index (χ4n) is 3.64. The summed E-state index contributed by atoms with van der Waals surface area (Å²) in [4.78, 5) is 35.8. The molecule has 172 valence electrons. The Balaban J connectivity index is 1.30. The molecule has 0 unspecified atom stereocenters. The number of amides is 2. The van der Waals surface area contributed by atoms with E-state index in [2.05, 4.69) is 30.6 Å². The lowest BCUT2D eigenvalue weighted by Crippen LogP contribution is -2.49. The Morgan fingerprint density at radius 1 is 1.21 bits per heavy atom. The van der Waals surface area contributed by atoms with Crippen molar-refractivity contribution >= 4 is 17.5 Å². The predicted molar refractivity (Wildman–Crippen MR) is 120 cm³/mol. The molecular formula is C23H21N7O4. The Hall–Kier alpha value is -4.54. The Kier molecular flexibility index (Phi) is 5.50. The van der Waals surface area contributed by atoms with Gasteiger partial charge in [0.1, 0.15) is 24.2 Å². The van der Waals surface area contributed by atoms with Crippen molar-refractivity contribution in [3.8, 4) is 17.2 Å². The van der Waals surface area contributed by atoms with E-state index in [0.717, 1.165) is 5.56 Å². The zero-order valence-electron chi connectivity index (χ0n) is 18.5. The standard InChI is InChI=1S/C23H21N7O4/c1-13-24-22(34-29-13)15-8-9-18-17(11-15)30(2)23(32)16(12-33-18)25-21(31)20-26-19(27-28-20)10-14-6-4-3-5-7-14/h3-9,11,16H,10,12H2,1-2H3,(H,25,31)(H,26,27,28)/t16-/m1/s1. The first kappa shape index (κ1) is 21.3. The van der Waals surface area contributed by atoms with Crippen LogP contribution in [0.25, 0.3) is 11.5 Å². The molecule has 34 heavy (non-hydrogen) atoms. The van der Waals surface area contributed by atoms with Crippen molar-refractivity contribution in [1.82, 2.24) is 30.6 Å². The summed E-state index contributed by atoms with van der Waals surface area (Å²) in [5.74, 6) is 0.935. The first-order chi connectivity index (χ1) is 16.5. The maximum atomic E-state index is 13.1. The first-order valence-corrected chi connectivity index (χ1v) is 10.6. The van der Waals surface area contributed by atoms with Crippen LogP contribution in [0.15, 0.2) is 53.1 Å². The van der Waals surface area contributed by atoms with Gasteiger partial charge in [0.2, 0.25) is 5.82 Å². The van der Waals surface area contributed by atoms with Crippen molar-refractivity contribution in [2.24, 2.45) is 0 Å². The van der Waals surface area contributed by atoms with E-state index >= 15 is 0 Å². The largest absolute Gasteiger partial charge is 0.489 e. The van der Waals surface area contributed by atoms with Gasteiger partial charge in [0, 0.05) is 19.0 Å². The smallest absolute Gasteiger partial charge is 0.291 e. The van der Waals surface area contributed by atoms with E-state index in [1.165, 1.54) is 4.90 Å². The molecule has 1 atom stereocenters. The second-order valence-corrected chi connectivity index (χ2v) is 7.83. The van der Waals surface area contributed by atoms with Crippen LogP contribution in [0.4, 0.5) is 5.69 Å². The number of likely N-dealkylation sites (N-methyl/N-ethyl adjacent to an activating group) is 1. The fraction of sp³-hybridized carbons (Fsp3) is 0.217. The highest BCUT2D eigenvalue weighted by atomic mass is 16.5. The molecule has 0 fully saturated rings.